The summed E-state index contributed by atoms with van der Waals surface area (Å²) in [5.41, 5.74) is 0.336. The SMILES string of the molecule is C=C(C)C(=O)OCCCC(C[N+](CCCC)(CCCC)CCCC)OP(=O)(O)O. The third kappa shape index (κ3) is 14.0. The Morgan fingerprint density at radius 1 is 1.00 bits per heavy atom. The van der Waals surface area contributed by atoms with Gasteiger partial charge < -0.3 is 19.0 Å². The molecule has 1 unspecified atom stereocenters. The Morgan fingerprint density at radius 3 is 1.86 bits per heavy atom. The summed E-state index contributed by atoms with van der Waals surface area (Å²) >= 11 is 0. The monoisotopic (exact) mass is 436 g/mol. The highest BCUT2D eigenvalue weighted by atomic mass is 31.2. The number of hydrogen-bond donors (Lipinski definition) is 2. The second-order valence-electron chi connectivity index (χ2n) is 8.03. The van der Waals surface area contributed by atoms with E-state index in [-0.39, 0.29) is 6.61 Å². The van der Waals surface area contributed by atoms with Gasteiger partial charge in [0.05, 0.1) is 26.2 Å². The van der Waals surface area contributed by atoms with Crippen molar-refractivity contribution in [2.24, 2.45) is 0 Å². The van der Waals surface area contributed by atoms with Crippen LogP contribution in [0.15, 0.2) is 12.2 Å². The highest BCUT2D eigenvalue weighted by Crippen LogP contribution is 2.39. The molecule has 2 N–H and O–H groups in total. The first kappa shape index (κ1) is 28.3. The van der Waals surface area contributed by atoms with Crippen LogP contribution in [-0.4, -0.2) is 59.1 Å². The van der Waals surface area contributed by atoms with Crippen molar-refractivity contribution in [2.75, 3.05) is 32.8 Å². The first-order valence-corrected chi connectivity index (χ1v) is 12.5. The topological polar surface area (TPSA) is 93.1 Å². The molecule has 172 valence electrons. The van der Waals surface area contributed by atoms with Crippen molar-refractivity contribution >= 4 is 13.8 Å². The largest absolute Gasteiger partial charge is 0.470 e. The van der Waals surface area contributed by atoms with E-state index in [9.17, 15) is 19.1 Å². The molecule has 8 heteroatoms. The van der Waals surface area contributed by atoms with Gasteiger partial charge in [-0.2, -0.15) is 0 Å². The van der Waals surface area contributed by atoms with E-state index in [1.54, 1.807) is 6.92 Å². The van der Waals surface area contributed by atoms with E-state index in [2.05, 4.69) is 27.4 Å². The molecule has 0 saturated carbocycles. The zero-order valence-electron chi connectivity index (χ0n) is 18.9. The van der Waals surface area contributed by atoms with Crippen molar-refractivity contribution in [3.63, 3.8) is 0 Å². The number of esters is 1. The number of ether oxygens (including phenoxy) is 1. The van der Waals surface area contributed by atoms with Crippen LogP contribution >= 0.6 is 7.82 Å². The molecule has 1 atom stereocenters. The number of nitrogens with zero attached hydrogens (tertiary/aromatic N) is 1. The van der Waals surface area contributed by atoms with Crippen LogP contribution in [0.5, 0.6) is 0 Å². The lowest BCUT2D eigenvalue weighted by atomic mass is 10.1. The minimum absolute atomic E-state index is 0.186. The standard InChI is InChI=1S/C21H42NO6P/c1-6-9-14-22(15-10-7-2,16-11-8-3)18-20(28-29(24,25)26)13-12-17-27-21(23)19(4)5/h20H,4,6-18H2,1-3,5H3,(H-,24,25,26)/p+1. The lowest BCUT2D eigenvalue weighted by Gasteiger charge is -2.41. The zero-order chi connectivity index (χ0) is 22.3. The van der Waals surface area contributed by atoms with E-state index in [0.717, 1.165) is 62.6 Å². The Morgan fingerprint density at radius 2 is 1.48 bits per heavy atom. The summed E-state index contributed by atoms with van der Waals surface area (Å²) in [6.07, 6.45) is 6.81. The highest BCUT2D eigenvalue weighted by Gasteiger charge is 2.33. The molecule has 0 saturated heterocycles. The Bertz CT molecular complexity index is 498. The maximum atomic E-state index is 11.6. The molecule has 0 spiro atoms. The molecule has 29 heavy (non-hydrogen) atoms. The summed E-state index contributed by atoms with van der Waals surface area (Å²) in [6.45, 7) is 15.3. The molecule has 0 bridgehead atoms. The highest BCUT2D eigenvalue weighted by molar-refractivity contribution is 7.46. The number of phosphoric ester groups is 1. The molecule has 0 aliphatic heterocycles. The van der Waals surface area contributed by atoms with Gasteiger partial charge in [-0.15, -0.1) is 0 Å². The second-order valence-corrected chi connectivity index (χ2v) is 9.22. The van der Waals surface area contributed by atoms with Crippen molar-refractivity contribution in [2.45, 2.75) is 85.2 Å². The number of carbonyl (C=O) groups excluding carboxylic acids is 1. The predicted octanol–water partition coefficient (Wildman–Crippen LogP) is 4.58. The number of phosphoric acid groups is 1. The van der Waals surface area contributed by atoms with E-state index in [0.29, 0.717) is 25.0 Å². The molecule has 0 aliphatic rings. The van der Waals surface area contributed by atoms with Crippen molar-refractivity contribution in [1.82, 2.24) is 0 Å². The van der Waals surface area contributed by atoms with Crippen LogP contribution in [-0.2, 0) is 18.6 Å². The number of quaternary nitrogens is 1. The maximum absolute atomic E-state index is 11.6. The molecule has 0 aromatic heterocycles. The molecule has 7 nitrogen and oxygen atoms in total. The number of hydrogen-bond acceptors (Lipinski definition) is 4. The van der Waals surface area contributed by atoms with E-state index in [1.807, 2.05) is 0 Å². The molecule has 0 aromatic carbocycles. The van der Waals surface area contributed by atoms with Gasteiger partial charge in [-0.25, -0.2) is 9.36 Å². The quantitative estimate of drug-likeness (QED) is 0.107. The summed E-state index contributed by atoms with van der Waals surface area (Å²) in [6, 6.07) is 0. The molecule has 0 heterocycles. The lowest BCUT2D eigenvalue weighted by molar-refractivity contribution is -0.931. The van der Waals surface area contributed by atoms with Crippen molar-refractivity contribution in [1.29, 1.82) is 0 Å². The van der Waals surface area contributed by atoms with Gasteiger partial charge in [0.15, 0.2) is 0 Å². The molecule has 0 amide bonds. The Kier molecular flexibility index (Phi) is 14.8. The Hall–Kier alpha value is -0.720. The van der Waals surface area contributed by atoms with Crippen LogP contribution in [0.1, 0.15) is 79.1 Å². The van der Waals surface area contributed by atoms with Gasteiger partial charge in [-0.05, 0) is 39.0 Å². The summed E-state index contributed by atoms with van der Waals surface area (Å²) in [5.74, 6) is -0.448. The zero-order valence-corrected chi connectivity index (χ0v) is 19.8. The fourth-order valence-electron chi connectivity index (χ4n) is 3.49. The average Bonchev–Trinajstić information content (AvgIpc) is 2.64. The minimum atomic E-state index is -4.60. The van der Waals surface area contributed by atoms with Gasteiger partial charge in [0.2, 0.25) is 0 Å². The van der Waals surface area contributed by atoms with Crippen LogP contribution in [0.3, 0.4) is 0 Å². The van der Waals surface area contributed by atoms with Gasteiger partial charge >= 0.3 is 13.8 Å². The first-order valence-electron chi connectivity index (χ1n) is 11.0. The fraction of sp³-hybridized carbons (Fsp3) is 0.857. The Labute approximate surface area is 177 Å². The summed E-state index contributed by atoms with van der Waals surface area (Å²) in [7, 11) is -4.60. The van der Waals surface area contributed by atoms with Crippen LogP contribution in [0.2, 0.25) is 0 Å². The molecule has 0 radical (unpaired) electrons. The van der Waals surface area contributed by atoms with Gasteiger partial charge in [-0.1, -0.05) is 46.6 Å². The Balaban J connectivity index is 5.23. The van der Waals surface area contributed by atoms with Gasteiger partial charge in [0.1, 0.15) is 12.6 Å². The normalized spacial score (nSPS) is 13.3. The third-order valence-electron chi connectivity index (χ3n) is 5.09. The van der Waals surface area contributed by atoms with E-state index in [1.165, 1.54) is 0 Å². The summed E-state index contributed by atoms with van der Waals surface area (Å²) in [5, 5.41) is 0. The molecule has 0 aliphatic carbocycles. The second kappa shape index (κ2) is 15.1. The van der Waals surface area contributed by atoms with Crippen LogP contribution < -0.4 is 0 Å². The molecule has 0 aromatic rings. The van der Waals surface area contributed by atoms with E-state index < -0.39 is 19.9 Å². The summed E-state index contributed by atoms with van der Waals surface area (Å²) < 4.78 is 22.7. The molecule has 0 rings (SSSR count). The van der Waals surface area contributed by atoms with Crippen molar-refractivity contribution in [3.05, 3.63) is 12.2 Å². The average molecular weight is 437 g/mol. The maximum Gasteiger partial charge on any atom is 0.470 e. The lowest BCUT2D eigenvalue weighted by Crippen LogP contribution is -2.54. The van der Waals surface area contributed by atoms with Crippen LogP contribution in [0.4, 0.5) is 0 Å². The van der Waals surface area contributed by atoms with Gasteiger partial charge in [0, 0.05) is 5.57 Å². The van der Waals surface area contributed by atoms with Crippen molar-refractivity contribution in [3.8, 4) is 0 Å². The van der Waals surface area contributed by atoms with Crippen molar-refractivity contribution < 1.29 is 32.9 Å². The van der Waals surface area contributed by atoms with Crippen LogP contribution in [0.25, 0.3) is 0 Å². The first-order chi connectivity index (χ1) is 13.6. The molecule has 0 fully saturated rings. The van der Waals surface area contributed by atoms with E-state index in [4.69, 9.17) is 9.26 Å². The van der Waals surface area contributed by atoms with Gasteiger partial charge in [-0.3, -0.25) is 4.52 Å². The third-order valence-corrected chi connectivity index (χ3v) is 5.66. The van der Waals surface area contributed by atoms with E-state index >= 15 is 0 Å². The fourth-order valence-corrected chi connectivity index (χ4v) is 4.05. The molecular formula is C21H43NO6P+. The molecular weight excluding hydrogens is 393 g/mol. The van der Waals surface area contributed by atoms with Crippen LogP contribution in [0, 0.1) is 0 Å². The number of rotatable bonds is 18. The predicted molar refractivity (Wildman–Crippen MR) is 116 cm³/mol. The number of unbranched alkanes of at least 4 members (excludes halogenated alkanes) is 3. The number of carbonyl (C=O) groups is 1. The van der Waals surface area contributed by atoms with Gasteiger partial charge in [0.25, 0.3) is 0 Å². The smallest absolute Gasteiger partial charge is 0.462 e. The summed E-state index contributed by atoms with van der Waals surface area (Å²) in [4.78, 5) is 30.4. The minimum Gasteiger partial charge on any atom is -0.462 e.